The Kier molecular flexibility index (Phi) is 3.99. The van der Waals surface area contributed by atoms with Gasteiger partial charge in [0.2, 0.25) is 0 Å². The molecule has 0 unspecified atom stereocenters. The number of carbonyl (C=O) groups excluding carboxylic acids is 1. The van der Waals surface area contributed by atoms with Gasteiger partial charge in [0.15, 0.2) is 5.11 Å². The topological polar surface area (TPSA) is 50.4 Å². The van der Waals surface area contributed by atoms with Gasteiger partial charge in [-0.2, -0.15) is 0 Å². The molecule has 0 bridgehead atoms. The number of methoxy groups -OCH3 is 1. The minimum absolute atomic E-state index is 0.0881. The number of hydrogen-bond acceptors (Lipinski definition) is 3. The molecule has 1 aliphatic heterocycles. The fraction of sp³-hybridized carbons (Fsp3) is 0.231. The zero-order valence-electron chi connectivity index (χ0n) is 10.8. The van der Waals surface area contributed by atoms with E-state index >= 15 is 0 Å². The van der Waals surface area contributed by atoms with E-state index in [1.807, 2.05) is 0 Å². The standard InChI is InChI=1S/C13H12F2N2O2S/c1-6-9(12(18)19-2)11(17-13(20)16-6)10-7(14)4-3-5-8(10)15/h3-5,11H,1-2H3,(H2,16,17,20)/t11-/m1/s1. The molecule has 0 saturated carbocycles. The molecule has 0 aliphatic carbocycles. The van der Waals surface area contributed by atoms with E-state index in [4.69, 9.17) is 12.2 Å². The number of thiocarbonyl (C=S) groups is 1. The van der Waals surface area contributed by atoms with Crippen LogP contribution >= 0.6 is 12.2 Å². The highest BCUT2D eigenvalue weighted by Crippen LogP contribution is 2.30. The Morgan fingerprint density at radius 3 is 2.50 bits per heavy atom. The summed E-state index contributed by atoms with van der Waals surface area (Å²) in [5.74, 6) is -2.21. The Labute approximate surface area is 119 Å². The zero-order valence-corrected chi connectivity index (χ0v) is 11.6. The molecule has 0 aromatic heterocycles. The van der Waals surface area contributed by atoms with E-state index in [1.165, 1.54) is 13.2 Å². The fourth-order valence-corrected chi connectivity index (χ4v) is 2.35. The molecular weight excluding hydrogens is 286 g/mol. The van der Waals surface area contributed by atoms with Gasteiger partial charge in [0.25, 0.3) is 0 Å². The molecule has 2 rings (SSSR count). The number of carbonyl (C=O) groups is 1. The van der Waals surface area contributed by atoms with Crippen LogP contribution in [0.15, 0.2) is 29.5 Å². The normalized spacial score (nSPS) is 18.4. The van der Waals surface area contributed by atoms with Gasteiger partial charge in [-0.05, 0) is 31.3 Å². The van der Waals surface area contributed by atoms with Crippen molar-refractivity contribution in [3.63, 3.8) is 0 Å². The second kappa shape index (κ2) is 5.54. The predicted octanol–water partition coefficient (Wildman–Crippen LogP) is 1.93. The average molecular weight is 298 g/mol. The number of nitrogens with one attached hydrogen (secondary N) is 2. The summed E-state index contributed by atoms with van der Waals surface area (Å²) < 4.78 is 32.5. The first-order chi connectivity index (χ1) is 9.45. The zero-order chi connectivity index (χ0) is 14.9. The van der Waals surface area contributed by atoms with E-state index in [0.29, 0.717) is 5.70 Å². The third-order valence-electron chi connectivity index (χ3n) is 2.96. The third-order valence-corrected chi connectivity index (χ3v) is 3.18. The number of ether oxygens (including phenoxy) is 1. The van der Waals surface area contributed by atoms with Gasteiger partial charge in [-0.25, -0.2) is 13.6 Å². The molecule has 4 nitrogen and oxygen atoms in total. The highest BCUT2D eigenvalue weighted by Gasteiger charge is 2.33. The van der Waals surface area contributed by atoms with Crippen LogP contribution in [-0.4, -0.2) is 18.2 Å². The molecule has 1 heterocycles. The van der Waals surface area contributed by atoms with Gasteiger partial charge in [0.1, 0.15) is 11.6 Å². The summed E-state index contributed by atoms with van der Waals surface area (Å²) in [5.41, 5.74) is 0.217. The SMILES string of the molecule is COC(=O)C1=C(C)NC(=S)N[C@H]1c1c(F)cccc1F. The van der Waals surface area contributed by atoms with Crippen molar-refractivity contribution in [2.24, 2.45) is 0 Å². The highest BCUT2D eigenvalue weighted by molar-refractivity contribution is 7.80. The maximum atomic E-state index is 13.9. The molecule has 0 spiro atoms. The van der Waals surface area contributed by atoms with Gasteiger partial charge in [0, 0.05) is 5.70 Å². The number of hydrogen-bond donors (Lipinski definition) is 2. The van der Waals surface area contributed by atoms with E-state index in [-0.39, 0.29) is 16.2 Å². The molecule has 0 amide bonds. The molecule has 7 heteroatoms. The van der Waals surface area contributed by atoms with Crippen LogP contribution in [0.4, 0.5) is 8.78 Å². The largest absolute Gasteiger partial charge is 0.466 e. The number of allylic oxidation sites excluding steroid dienone is 1. The minimum atomic E-state index is -1.03. The molecule has 106 valence electrons. The summed E-state index contributed by atoms with van der Waals surface area (Å²) in [6.07, 6.45) is 0. The second-order valence-electron chi connectivity index (χ2n) is 4.20. The maximum absolute atomic E-state index is 13.9. The molecule has 20 heavy (non-hydrogen) atoms. The van der Waals surface area contributed by atoms with Crippen molar-refractivity contribution < 1.29 is 18.3 Å². The first-order valence-electron chi connectivity index (χ1n) is 5.76. The van der Waals surface area contributed by atoms with Crippen LogP contribution in [0.5, 0.6) is 0 Å². The lowest BCUT2D eigenvalue weighted by Crippen LogP contribution is -2.45. The molecule has 0 saturated heterocycles. The van der Waals surface area contributed by atoms with Crippen molar-refractivity contribution >= 4 is 23.3 Å². The van der Waals surface area contributed by atoms with Crippen LogP contribution < -0.4 is 10.6 Å². The fourth-order valence-electron chi connectivity index (χ4n) is 2.08. The molecular formula is C13H12F2N2O2S. The van der Waals surface area contributed by atoms with E-state index in [0.717, 1.165) is 12.1 Å². The molecule has 0 radical (unpaired) electrons. The summed E-state index contributed by atoms with van der Waals surface area (Å²) in [7, 11) is 1.20. The Morgan fingerprint density at radius 1 is 1.35 bits per heavy atom. The van der Waals surface area contributed by atoms with Gasteiger partial charge in [-0.3, -0.25) is 0 Å². The lowest BCUT2D eigenvalue weighted by molar-refractivity contribution is -0.136. The Hall–Kier alpha value is -2.02. The van der Waals surface area contributed by atoms with Crippen molar-refractivity contribution in [2.75, 3.05) is 7.11 Å². The molecule has 2 N–H and O–H groups in total. The average Bonchev–Trinajstić information content (AvgIpc) is 2.37. The van der Waals surface area contributed by atoms with Crippen molar-refractivity contribution in [3.8, 4) is 0 Å². The molecule has 1 atom stereocenters. The molecule has 1 aromatic rings. The van der Waals surface area contributed by atoms with Crippen LogP contribution in [0.25, 0.3) is 0 Å². The van der Waals surface area contributed by atoms with E-state index in [1.54, 1.807) is 6.92 Å². The van der Waals surface area contributed by atoms with Crippen LogP contribution in [-0.2, 0) is 9.53 Å². The maximum Gasteiger partial charge on any atom is 0.337 e. The summed E-state index contributed by atoms with van der Waals surface area (Å²) in [4.78, 5) is 11.8. The van der Waals surface area contributed by atoms with Gasteiger partial charge < -0.3 is 15.4 Å². The Balaban J connectivity index is 2.60. The quantitative estimate of drug-likeness (QED) is 0.645. The lowest BCUT2D eigenvalue weighted by Gasteiger charge is -2.29. The van der Waals surface area contributed by atoms with Crippen molar-refractivity contribution in [2.45, 2.75) is 13.0 Å². The van der Waals surface area contributed by atoms with Gasteiger partial charge in [-0.1, -0.05) is 6.07 Å². The first kappa shape index (κ1) is 14.4. The number of halogens is 2. The lowest BCUT2D eigenvalue weighted by atomic mass is 9.95. The second-order valence-corrected chi connectivity index (χ2v) is 4.61. The van der Waals surface area contributed by atoms with Crippen molar-refractivity contribution in [1.29, 1.82) is 0 Å². The molecule has 0 fully saturated rings. The van der Waals surface area contributed by atoms with Crippen molar-refractivity contribution in [3.05, 3.63) is 46.7 Å². The van der Waals surface area contributed by atoms with Gasteiger partial charge in [0.05, 0.1) is 24.3 Å². The van der Waals surface area contributed by atoms with Gasteiger partial charge >= 0.3 is 5.97 Å². The third kappa shape index (κ3) is 2.49. The van der Waals surface area contributed by atoms with Crippen LogP contribution in [0, 0.1) is 11.6 Å². The van der Waals surface area contributed by atoms with Crippen LogP contribution in [0.1, 0.15) is 18.5 Å². The monoisotopic (exact) mass is 298 g/mol. The van der Waals surface area contributed by atoms with Crippen LogP contribution in [0.2, 0.25) is 0 Å². The van der Waals surface area contributed by atoms with Crippen molar-refractivity contribution in [1.82, 2.24) is 10.6 Å². The Bertz CT molecular complexity index is 596. The molecule has 1 aliphatic rings. The number of esters is 1. The van der Waals surface area contributed by atoms with Gasteiger partial charge in [-0.15, -0.1) is 0 Å². The van der Waals surface area contributed by atoms with E-state index in [2.05, 4.69) is 15.4 Å². The first-order valence-corrected chi connectivity index (χ1v) is 6.17. The summed E-state index contributed by atoms with van der Waals surface area (Å²) >= 11 is 4.97. The van der Waals surface area contributed by atoms with E-state index < -0.39 is 23.6 Å². The van der Waals surface area contributed by atoms with Crippen LogP contribution in [0.3, 0.4) is 0 Å². The smallest absolute Gasteiger partial charge is 0.337 e. The summed E-state index contributed by atoms with van der Waals surface area (Å²) in [5, 5.41) is 5.61. The van der Waals surface area contributed by atoms with E-state index in [9.17, 15) is 13.6 Å². The minimum Gasteiger partial charge on any atom is -0.466 e. The highest BCUT2D eigenvalue weighted by atomic mass is 32.1. The predicted molar refractivity (Wildman–Crippen MR) is 72.7 cm³/mol. The summed E-state index contributed by atoms with van der Waals surface area (Å²) in [6.45, 7) is 1.59. The number of rotatable bonds is 2. The molecule has 1 aromatic carbocycles. The summed E-state index contributed by atoms with van der Waals surface area (Å²) in [6, 6.07) is 2.46. The Morgan fingerprint density at radius 2 is 1.95 bits per heavy atom. The number of benzene rings is 1.